The summed E-state index contributed by atoms with van der Waals surface area (Å²) in [5.74, 6) is -0.977. The van der Waals surface area contributed by atoms with Crippen molar-refractivity contribution in [3.8, 4) is 0 Å². The number of nitrogens with zero attached hydrogens (tertiary/aromatic N) is 2. The summed E-state index contributed by atoms with van der Waals surface area (Å²) >= 11 is 18.7. The van der Waals surface area contributed by atoms with E-state index in [2.05, 4.69) is 5.32 Å². The normalized spacial score (nSPS) is 12.1. The summed E-state index contributed by atoms with van der Waals surface area (Å²) < 4.78 is 28.9. The quantitative estimate of drug-likeness (QED) is 0.305. The first-order valence-electron chi connectivity index (χ1n) is 12.2. The van der Waals surface area contributed by atoms with Gasteiger partial charge in [-0.15, -0.1) is 0 Å². The highest BCUT2D eigenvalue weighted by Crippen LogP contribution is 2.31. The number of carbonyl (C=O) groups excluding carboxylic acids is 2. The summed E-state index contributed by atoms with van der Waals surface area (Å²) in [4.78, 5) is 28.2. The number of hydrogen-bond acceptors (Lipinski definition) is 4. The molecule has 0 aliphatic rings. The van der Waals surface area contributed by atoms with E-state index in [1.54, 1.807) is 56.3 Å². The van der Waals surface area contributed by atoms with E-state index >= 15 is 0 Å². The molecule has 0 aliphatic carbocycles. The van der Waals surface area contributed by atoms with E-state index in [-0.39, 0.29) is 29.5 Å². The van der Waals surface area contributed by atoms with Crippen LogP contribution < -0.4 is 9.62 Å². The standard InChI is InChI=1S/C28H30Cl3N3O4S/c1-5-25(28(36)32-4)33(16-20-9-11-21(29)14-24(20)31)27(35)17-34(26-15-22(30)10-8-19(26)3)39(37,38)23-12-6-18(2)7-13-23/h6-15,25H,5,16-17H2,1-4H3,(H,32,36)/t25-/m1/s1. The number of likely N-dealkylation sites (N-methyl/N-ethyl adjacent to an activating group) is 1. The zero-order valence-electron chi connectivity index (χ0n) is 22.0. The number of aryl methyl sites for hydroxylation is 2. The monoisotopic (exact) mass is 609 g/mol. The van der Waals surface area contributed by atoms with Crippen molar-refractivity contribution in [2.75, 3.05) is 17.9 Å². The van der Waals surface area contributed by atoms with Crippen LogP contribution in [0.5, 0.6) is 0 Å². The van der Waals surface area contributed by atoms with E-state index in [1.165, 1.54) is 30.1 Å². The highest BCUT2D eigenvalue weighted by molar-refractivity contribution is 7.92. The lowest BCUT2D eigenvalue weighted by Gasteiger charge is -2.33. The van der Waals surface area contributed by atoms with Crippen LogP contribution in [0.15, 0.2) is 65.6 Å². The maximum atomic E-state index is 14.0. The molecule has 2 amide bonds. The average Bonchev–Trinajstić information content (AvgIpc) is 2.89. The minimum absolute atomic E-state index is 0.0194. The van der Waals surface area contributed by atoms with Crippen molar-refractivity contribution in [3.63, 3.8) is 0 Å². The fourth-order valence-corrected chi connectivity index (χ4v) is 6.23. The van der Waals surface area contributed by atoms with E-state index in [1.807, 2.05) is 6.92 Å². The smallest absolute Gasteiger partial charge is 0.264 e. The third kappa shape index (κ3) is 7.25. The van der Waals surface area contributed by atoms with Gasteiger partial charge in [0, 0.05) is 28.7 Å². The summed E-state index contributed by atoms with van der Waals surface area (Å²) in [6.07, 6.45) is 0.289. The number of halogens is 3. The predicted molar refractivity (Wildman–Crippen MR) is 157 cm³/mol. The molecule has 0 aromatic heterocycles. The van der Waals surface area contributed by atoms with Crippen LogP contribution in [-0.4, -0.2) is 44.8 Å². The molecule has 0 aliphatic heterocycles. The molecule has 0 heterocycles. The van der Waals surface area contributed by atoms with Gasteiger partial charge in [0.2, 0.25) is 11.8 Å². The molecule has 3 rings (SSSR count). The van der Waals surface area contributed by atoms with Gasteiger partial charge in [-0.05, 0) is 67.8 Å². The van der Waals surface area contributed by atoms with Gasteiger partial charge in [0.15, 0.2) is 0 Å². The highest BCUT2D eigenvalue weighted by atomic mass is 35.5. The molecular weight excluding hydrogens is 581 g/mol. The summed E-state index contributed by atoms with van der Waals surface area (Å²) in [5, 5.41) is 3.65. The van der Waals surface area contributed by atoms with Crippen molar-refractivity contribution < 1.29 is 18.0 Å². The van der Waals surface area contributed by atoms with Crippen LogP contribution in [0.1, 0.15) is 30.0 Å². The van der Waals surface area contributed by atoms with Gasteiger partial charge in [0.05, 0.1) is 10.6 Å². The Balaban J connectivity index is 2.12. The SMILES string of the molecule is CC[C@H](C(=O)NC)N(Cc1ccc(Cl)cc1Cl)C(=O)CN(c1cc(Cl)ccc1C)S(=O)(=O)c1ccc(C)cc1. The Kier molecular flexibility index (Phi) is 10.3. The van der Waals surface area contributed by atoms with Crippen molar-refractivity contribution >= 4 is 62.3 Å². The van der Waals surface area contributed by atoms with Gasteiger partial charge in [-0.25, -0.2) is 8.42 Å². The number of nitrogens with one attached hydrogen (secondary N) is 1. The zero-order chi connectivity index (χ0) is 28.9. The third-order valence-corrected chi connectivity index (χ3v) is 8.91. The van der Waals surface area contributed by atoms with Gasteiger partial charge in [0.25, 0.3) is 10.0 Å². The topological polar surface area (TPSA) is 86.8 Å². The maximum absolute atomic E-state index is 14.0. The minimum atomic E-state index is -4.20. The van der Waals surface area contributed by atoms with Gasteiger partial charge >= 0.3 is 0 Å². The van der Waals surface area contributed by atoms with Crippen LogP contribution in [0.2, 0.25) is 15.1 Å². The second-order valence-electron chi connectivity index (χ2n) is 9.05. The first-order chi connectivity index (χ1) is 18.4. The highest BCUT2D eigenvalue weighted by Gasteiger charge is 2.34. The Morgan fingerprint density at radius 1 is 0.923 bits per heavy atom. The number of benzene rings is 3. The zero-order valence-corrected chi connectivity index (χ0v) is 25.1. The van der Waals surface area contributed by atoms with Crippen molar-refractivity contribution in [2.45, 2.75) is 44.7 Å². The van der Waals surface area contributed by atoms with Gasteiger partial charge in [-0.3, -0.25) is 13.9 Å². The number of carbonyl (C=O) groups is 2. The second kappa shape index (κ2) is 13.0. The summed E-state index contributed by atoms with van der Waals surface area (Å²) in [6, 6.07) is 15.2. The van der Waals surface area contributed by atoms with Crippen LogP contribution in [0.3, 0.4) is 0 Å². The Morgan fingerprint density at radius 3 is 2.13 bits per heavy atom. The Bertz CT molecular complexity index is 1460. The predicted octanol–water partition coefficient (Wildman–Crippen LogP) is 6.01. The van der Waals surface area contributed by atoms with E-state index in [0.29, 0.717) is 26.2 Å². The molecule has 7 nitrogen and oxygen atoms in total. The average molecular weight is 611 g/mol. The number of hydrogen-bond donors (Lipinski definition) is 1. The lowest BCUT2D eigenvalue weighted by Crippen LogP contribution is -2.51. The van der Waals surface area contributed by atoms with Crippen molar-refractivity contribution in [1.29, 1.82) is 0 Å². The fourth-order valence-electron chi connectivity index (χ4n) is 4.12. The Hall–Kier alpha value is -2.78. The molecule has 0 unspecified atom stereocenters. The number of sulfonamides is 1. The minimum Gasteiger partial charge on any atom is -0.357 e. The molecule has 1 atom stereocenters. The van der Waals surface area contributed by atoms with Crippen LogP contribution in [0, 0.1) is 13.8 Å². The lowest BCUT2D eigenvalue weighted by atomic mass is 10.1. The van der Waals surface area contributed by atoms with Crippen LogP contribution in [0.25, 0.3) is 0 Å². The maximum Gasteiger partial charge on any atom is 0.264 e. The van der Waals surface area contributed by atoms with Crippen LogP contribution in [-0.2, 0) is 26.2 Å². The molecule has 0 bridgehead atoms. The molecule has 39 heavy (non-hydrogen) atoms. The molecule has 3 aromatic carbocycles. The fraction of sp³-hybridized carbons (Fsp3) is 0.286. The first-order valence-corrected chi connectivity index (χ1v) is 14.8. The first kappa shape index (κ1) is 30.8. The summed E-state index contributed by atoms with van der Waals surface area (Å²) in [6.45, 7) is 4.75. The van der Waals surface area contributed by atoms with Gasteiger partial charge in [-0.2, -0.15) is 0 Å². The molecule has 1 N–H and O–H groups in total. The van der Waals surface area contributed by atoms with Gasteiger partial charge in [0.1, 0.15) is 12.6 Å². The molecule has 0 spiro atoms. The Morgan fingerprint density at radius 2 is 1.54 bits per heavy atom. The second-order valence-corrected chi connectivity index (χ2v) is 12.2. The van der Waals surface area contributed by atoms with Crippen molar-refractivity contribution in [1.82, 2.24) is 10.2 Å². The van der Waals surface area contributed by atoms with Crippen LogP contribution >= 0.6 is 34.8 Å². The third-order valence-electron chi connectivity index (χ3n) is 6.32. The van der Waals surface area contributed by atoms with Crippen molar-refractivity contribution in [3.05, 3.63) is 92.4 Å². The number of amides is 2. The van der Waals surface area contributed by atoms with Gasteiger partial charge < -0.3 is 10.2 Å². The summed E-state index contributed by atoms with van der Waals surface area (Å²) in [7, 11) is -2.72. The molecule has 0 fully saturated rings. The number of anilines is 1. The van der Waals surface area contributed by atoms with Gasteiger partial charge in [-0.1, -0.05) is 71.6 Å². The van der Waals surface area contributed by atoms with Crippen LogP contribution in [0.4, 0.5) is 5.69 Å². The van der Waals surface area contributed by atoms with E-state index in [0.717, 1.165) is 9.87 Å². The molecular formula is C28H30Cl3N3O4S. The molecule has 208 valence electrons. The lowest BCUT2D eigenvalue weighted by molar-refractivity contribution is -0.140. The molecule has 0 saturated heterocycles. The largest absolute Gasteiger partial charge is 0.357 e. The van der Waals surface area contributed by atoms with E-state index in [4.69, 9.17) is 34.8 Å². The summed E-state index contributed by atoms with van der Waals surface area (Å²) in [5.41, 5.74) is 2.31. The molecule has 0 saturated carbocycles. The Labute approximate surface area is 244 Å². The molecule has 3 aromatic rings. The molecule has 0 radical (unpaired) electrons. The van der Waals surface area contributed by atoms with E-state index < -0.39 is 28.5 Å². The van der Waals surface area contributed by atoms with Crippen molar-refractivity contribution in [2.24, 2.45) is 0 Å². The molecule has 11 heteroatoms. The van der Waals surface area contributed by atoms with E-state index in [9.17, 15) is 18.0 Å². The number of rotatable bonds is 10.